The van der Waals surface area contributed by atoms with Crippen molar-refractivity contribution in [1.82, 2.24) is 24.7 Å². The highest BCUT2D eigenvalue weighted by Crippen LogP contribution is 2.29. The van der Waals surface area contributed by atoms with E-state index in [1.165, 1.54) is 6.07 Å². The Labute approximate surface area is 161 Å². The van der Waals surface area contributed by atoms with E-state index in [1.807, 2.05) is 18.4 Å². The Morgan fingerprint density at radius 1 is 1.14 bits per heavy atom. The van der Waals surface area contributed by atoms with Crippen LogP contribution >= 0.6 is 11.3 Å². The maximum Gasteiger partial charge on any atom is 0.314 e. The summed E-state index contributed by atoms with van der Waals surface area (Å²) in [5.74, 6) is -1.04. The minimum Gasteiger partial charge on any atom is -0.415 e. The van der Waals surface area contributed by atoms with Crippen LogP contribution in [0.15, 0.2) is 35.0 Å². The summed E-state index contributed by atoms with van der Waals surface area (Å²) in [6.07, 6.45) is 0.487. The van der Waals surface area contributed by atoms with E-state index in [1.54, 1.807) is 29.8 Å². The van der Waals surface area contributed by atoms with Crippen LogP contribution in [0.4, 0.5) is 13.2 Å². The summed E-state index contributed by atoms with van der Waals surface area (Å²) >= 11 is 1.59. The number of imidazole rings is 1. The molecular formula is C18H14F3N5OS. The smallest absolute Gasteiger partial charge is 0.314 e. The van der Waals surface area contributed by atoms with Gasteiger partial charge >= 0.3 is 6.43 Å². The predicted octanol–water partition coefficient (Wildman–Crippen LogP) is 4.80. The molecule has 0 N–H and O–H groups in total. The highest BCUT2D eigenvalue weighted by Gasteiger charge is 2.19. The van der Waals surface area contributed by atoms with Gasteiger partial charge in [-0.25, -0.2) is 14.4 Å². The third-order valence-corrected chi connectivity index (χ3v) is 5.18. The summed E-state index contributed by atoms with van der Waals surface area (Å²) < 4.78 is 46.3. The predicted molar refractivity (Wildman–Crippen MR) is 96.6 cm³/mol. The maximum atomic E-state index is 14.2. The van der Waals surface area contributed by atoms with Crippen LogP contribution in [-0.4, -0.2) is 24.7 Å². The van der Waals surface area contributed by atoms with E-state index in [-0.39, 0.29) is 11.5 Å². The monoisotopic (exact) mass is 405 g/mol. The van der Waals surface area contributed by atoms with E-state index >= 15 is 0 Å². The van der Waals surface area contributed by atoms with Crippen LogP contribution in [0, 0.1) is 19.7 Å². The summed E-state index contributed by atoms with van der Waals surface area (Å²) in [4.78, 5) is 9.96. The number of aryl methyl sites for hydroxylation is 2. The molecule has 4 aromatic rings. The van der Waals surface area contributed by atoms with Crippen molar-refractivity contribution in [1.29, 1.82) is 0 Å². The topological polar surface area (TPSA) is 69.6 Å². The summed E-state index contributed by atoms with van der Waals surface area (Å²) in [5, 5.41) is 7.76. The van der Waals surface area contributed by atoms with E-state index < -0.39 is 18.1 Å². The van der Waals surface area contributed by atoms with Crippen molar-refractivity contribution in [2.24, 2.45) is 0 Å². The van der Waals surface area contributed by atoms with Crippen LogP contribution < -0.4 is 0 Å². The molecule has 0 fully saturated rings. The molecule has 4 rings (SSSR count). The molecule has 0 bridgehead atoms. The summed E-state index contributed by atoms with van der Waals surface area (Å²) in [6.45, 7) is 4.43. The molecule has 6 nitrogen and oxygen atoms in total. The number of hydrogen-bond acceptors (Lipinski definition) is 6. The second-order valence-electron chi connectivity index (χ2n) is 6.10. The molecule has 28 heavy (non-hydrogen) atoms. The molecule has 0 saturated carbocycles. The number of aromatic nitrogens is 5. The normalized spacial score (nSPS) is 11.5. The van der Waals surface area contributed by atoms with Crippen LogP contribution in [0.3, 0.4) is 0 Å². The minimum absolute atomic E-state index is 0.180. The Morgan fingerprint density at radius 2 is 1.93 bits per heavy atom. The van der Waals surface area contributed by atoms with Gasteiger partial charge in [0, 0.05) is 28.4 Å². The zero-order chi connectivity index (χ0) is 19.8. The van der Waals surface area contributed by atoms with Crippen molar-refractivity contribution in [3.63, 3.8) is 0 Å². The zero-order valence-corrected chi connectivity index (χ0v) is 15.7. The van der Waals surface area contributed by atoms with Gasteiger partial charge in [-0.15, -0.1) is 21.5 Å². The molecule has 0 unspecified atom stereocenters. The Balaban J connectivity index is 1.70. The highest BCUT2D eigenvalue weighted by atomic mass is 32.1. The first kappa shape index (κ1) is 18.4. The number of hydrogen-bond donors (Lipinski definition) is 0. The number of benzene rings is 1. The molecule has 10 heteroatoms. The van der Waals surface area contributed by atoms with Gasteiger partial charge < -0.3 is 8.98 Å². The number of nitrogens with zero attached hydrogens (tertiary/aromatic N) is 5. The SMILES string of the molecule is Cc1nc(Cn2ccnc2-c2cc(F)cc(-c3nnc(C(F)F)o3)c2)sc1C. The van der Waals surface area contributed by atoms with Gasteiger partial charge in [-0.1, -0.05) is 0 Å². The van der Waals surface area contributed by atoms with E-state index in [2.05, 4.69) is 20.2 Å². The van der Waals surface area contributed by atoms with Gasteiger partial charge in [0.25, 0.3) is 5.89 Å². The second-order valence-corrected chi connectivity index (χ2v) is 7.39. The number of alkyl halides is 2. The molecule has 0 aliphatic heterocycles. The molecule has 3 aromatic heterocycles. The molecule has 3 heterocycles. The molecule has 0 amide bonds. The molecule has 1 aromatic carbocycles. The molecule has 0 atom stereocenters. The van der Waals surface area contributed by atoms with Gasteiger partial charge in [0.1, 0.15) is 16.6 Å². The van der Waals surface area contributed by atoms with Crippen LogP contribution in [0.25, 0.3) is 22.8 Å². The number of thiazole rings is 1. The Hall–Kier alpha value is -3.01. The first-order valence-electron chi connectivity index (χ1n) is 8.27. The summed E-state index contributed by atoms with van der Waals surface area (Å²) in [5.41, 5.74) is 1.63. The van der Waals surface area contributed by atoms with E-state index in [0.717, 1.165) is 21.6 Å². The van der Waals surface area contributed by atoms with E-state index in [9.17, 15) is 13.2 Å². The van der Waals surface area contributed by atoms with Crippen LogP contribution in [0.2, 0.25) is 0 Å². The van der Waals surface area contributed by atoms with Gasteiger partial charge in [-0.05, 0) is 32.0 Å². The molecule has 0 aliphatic rings. The van der Waals surface area contributed by atoms with Crippen molar-refractivity contribution in [3.05, 3.63) is 57.9 Å². The van der Waals surface area contributed by atoms with Crippen LogP contribution in [0.1, 0.15) is 27.9 Å². The fraction of sp³-hybridized carbons (Fsp3) is 0.222. The van der Waals surface area contributed by atoms with Gasteiger partial charge in [-0.2, -0.15) is 8.78 Å². The van der Waals surface area contributed by atoms with Crippen molar-refractivity contribution < 1.29 is 17.6 Å². The third kappa shape index (κ3) is 3.55. The fourth-order valence-corrected chi connectivity index (χ4v) is 3.66. The van der Waals surface area contributed by atoms with E-state index in [0.29, 0.717) is 17.9 Å². The number of rotatable bonds is 5. The third-order valence-electron chi connectivity index (χ3n) is 4.12. The quantitative estimate of drug-likeness (QED) is 0.477. The Bertz CT molecular complexity index is 1110. The van der Waals surface area contributed by atoms with Crippen molar-refractivity contribution in [3.8, 4) is 22.8 Å². The van der Waals surface area contributed by atoms with Crippen LogP contribution in [0.5, 0.6) is 0 Å². The van der Waals surface area contributed by atoms with Gasteiger partial charge in [0.05, 0.1) is 12.2 Å². The molecule has 0 saturated heterocycles. The minimum atomic E-state index is -2.89. The van der Waals surface area contributed by atoms with Crippen molar-refractivity contribution >= 4 is 11.3 Å². The Kier molecular flexibility index (Phi) is 4.71. The lowest BCUT2D eigenvalue weighted by Crippen LogP contribution is -2.01. The lowest BCUT2D eigenvalue weighted by Gasteiger charge is -2.07. The lowest BCUT2D eigenvalue weighted by atomic mass is 10.1. The van der Waals surface area contributed by atoms with Gasteiger partial charge in [0.15, 0.2) is 0 Å². The first-order valence-corrected chi connectivity index (χ1v) is 9.09. The second kappa shape index (κ2) is 7.19. The standard InChI is InChI=1S/C18H14F3N5OS/c1-9-10(2)28-14(23-9)8-26-4-3-22-16(26)11-5-12(7-13(19)6-11)17-24-25-18(27-17)15(20)21/h3-7,15H,8H2,1-2H3. The largest absolute Gasteiger partial charge is 0.415 e. The molecule has 0 radical (unpaired) electrons. The first-order chi connectivity index (χ1) is 13.4. The van der Waals surface area contributed by atoms with Crippen LogP contribution in [-0.2, 0) is 6.54 Å². The Morgan fingerprint density at radius 3 is 2.61 bits per heavy atom. The average molecular weight is 405 g/mol. The molecule has 0 aliphatic carbocycles. The zero-order valence-electron chi connectivity index (χ0n) is 14.9. The average Bonchev–Trinajstić information content (AvgIpc) is 3.36. The van der Waals surface area contributed by atoms with Crippen molar-refractivity contribution in [2.45, 2.75) is 26.8 Å². The fourth-order valence-electron chi connectivity index (χ4n) is 2.73. The molecule has 144 valence electrons. The molecular weight excluding hydrogens is 391 g/mol. The lowest BCUT2D eigenvalue weighted by molar-refractivity contribution is 0.116. The molecule has 0 spiro atoms. The number of halogens is 3. The summed E-state index contributed by atoms with van der Waals surface area (Å²) in [7, 11) is 0. The van der Waals surface area contributed by atoms with Crippen molar-refractivity contribution in [2.75, 3.05) is 0 Å². The van der Waals surface area contributed by atoms with E-state index in [4.69, 9.17) is 4.42 Å². The highest BCUT2D eigenvalue weighted by molar-refractivity contribution is 7.11. The summed E-state index contributed by atoms with van der Waals surface area (Å²) in [6, 6.07) is 4.03. The van der Waals surface area contributed by atoms with Gasteiger partial charge in [-0.3, -0.25) is 0 Å². The maximum absolute atomic E-state index is 14.2. The van der Waals surface area contributed by atoms with Gasteiger partial charge in [0.2, 0.25) is 5.89 Å².